The van der Waals surface area contributed by atoms with Gasteiger partial charge in [0, 0.05) is 12.1 Å². The first-order chi connectivity index (χ1) is 14.7. The van der Waals surface area contributed by atoms with E-state index in [0.717, 1.165) is 17.7 Å². The number of piperidine rings is 1. The van der Waals surface area contributed by atoms with Gasteiger partial charge in [-0.2, -0.15) is 0 Å². The van der Waals surface area contributed by atoms with Gasteiger partial charge in [0.05, 0.1) is 6.04 Å². The molecule has 3 aromatic carbocycles. The summed E-state index contributed by atoms with van der Waals surface area (Å²) in [6.45, 7) is 5.42. The predicted octanol–water partition coefficient (Wildman–Crippen LogP) is 5.50. The third kappa shape index (κ3) is 4.98. The summed E-state index contributed by atoms with van der Waals surface area (Å²) in [6, 6.07) is 26.3. The van der Waals surface area contributed by atoms with Crippen molar-refractivity contribution >= 4 is 5.91 Å². The van der Waals surface area contributed by atoms with E-state index >= 15 is 0 Å². The van der Waals surface area contributed by atoms with E-state index in [1.165, 1.54) is 43.5 Å². The van der Waals surface area contributed by atoms with Gasteiger partial charge in [-0.15, -0.1) is 0 Å². The minimum atomic E-state index is -0.173. The molecule has 3 aromatic rings. The van der Waals surface area contributed by atoms with Gasteiger partial charge in [-0.25, -0.2) is 0 Å². The highest BCUT2D eigenvalue weighted by Gasteiger charge is 2.19. The van der Waals surface area contributed by atoms with Crippen LogP contribution in [0, 0.1) is 6.92 Å². The second-order valence-electron chi connectivity index (χ2n) is 8.21. The molecule has 0 radical (unpaired) electrons. The molecule has 1 aliphatic rings. The zero-order valence-electron chi connectivity index (χ0n) is 17.7. The molecule has 1 aliphatic heterocycles. The maximum absolute atomic E-state index is 13.1. The number of amides is 1. The van der Waals surface area contributed by atoms with E-state index in [2.05, 4.69) is 53.5 Å². The van der Waals surface area contributed by atoms with Crippen molar-refractivity contribution in [3.8, 4) is 0 Å². The molecule has 0 aliphatic carbocycles. The number of carbonyl (C=O) groups is 1. The van der Waals surface area contributed by atoms with Crippen LogP contribution in [0.15, 0.2) is 78.9 Å². The van der Waals surface area contributed by atoms with E-state index in [9.17, 15) is 4.79 Å². The molecule has 30 heavy (non-hydrogen) atoms. The Balaban J connectivity index is 1.50. The first kappa shape index (κ1) is 20.4. The van der Waals surface area contributed by atoms with Crippen LogP contribution in [0.4, 0.5) is 0 Å². The molecule has 0 spiro atoms. The zero-order chi connectivity index (χ0) is 20.8. The quantitative estimate of drug-likeness (QED) is 0.595. The average Bonchev–Trinajstić information content (AvgIpc) is 2.80. The number of hydrogen-bond donors (Lipinski definition) is 1. The van der Waals surface area contributed by atoms with Gasteiger partial charge in [-0.3, -0.25) is 9.69 Å². The van der Waals surface area contributed by atoms with Crippen molar-refractivity contribution in [1.29, 1.82) is 0 Å². The summed E-state index contributed by atoms with van der Waals surface area (Å²) < 4.78 is 0. The van der Waals surface area contributed by atoms with E-state index in [-0.39, 0.29) is 11.9 Å². The first-order valence-corrected chi connectivity index (χ1v) is 10.9. The van der Waals surface area contributed by atoms with Gasteiger partial charge in [-0.05, 0) is 67.2 Å². The Bertz CT molecular complexity index is 960. The van der Waals surface area contributed by atoms with Crippen LogP contribution >= 0.6 is 0 Å². The molecule has 3 nitrogen and oxygen atoms in total. The summed E-state index contributed by atoms with van der Waals surface area (Å²) in [6.07, 6.45) is 3.93. The summed E-state index contributed by atoms with van der Waals surface area (Å²) in [5, 5.41) is 3.26. The van der Waals surface area contributed by atoms with Crippen LogP contribution in [-0.2, 0) is 6.54 Å². The summed E-state index contributed by atoms with van der Waals surface area (Å²) in [4.78, 5) is 15.6. The van der Waals surface area contributed by atoms with Crippen LogP contribution in [0.25, 0.3) is 0 Å². The van der Waals surface area contributed by atoms with Crippen molar-refractivity contribution in [3.05, 3.63) is 107 Å². The lowest BCUT2D eigenvalue weighted by atomic mass is 9.94. The fourth-order valence-electron chi connectivity index (χ4n) is 4.25. The van der Waals surface area contributed by atoms with E-state index in [1.54, 1.807) is 0 Å². The van der Waals surface area contributed by atoms with Gasteiger partial charge >= 0.3 is 0 Å². The summed E-state index contributed by atoms with van der Waals surface area (Å²) >= 11 is 0. The van der Waals surface area contributed by atoms with Crippen molar-refractivity contribution < 1.29 is 4.79 Å². The molecule has 0 bridgehead atoms. The lowest BCUT2D eigenvalue weighted by Gasteiger charge is -2.26. The number of benzene rings is 3. The van der Waals surface area contributed by atoms with Crippen molar-refractivity contribution in [2.75, 3.05) is 13.1 Å². The normalized spacial score (nSPS) is 15.5. The van der Waals surface area contributed by atoms with Crippen LogP contribution in [0.5, 0.6) is 0 Å². The second kappa shape index (κ2) is 9.73. The van der Waals surface area contributed by atoms with Gasteiger partial charge in [0.25, 0.3) is 5.91 Å². The predicted molar refractivity (Wildman–Crippen MR) is 123 cm³/mol. The minimum Gasteiger partial charge on any atom is -0.341 e. The monoisotopic (exact) mass is 398 g/mol. The largest absolute Gasteiger partial charge is 0.341 e. The van der Waals surface area contributed by atoms with Gasteiger partial charge in [0.1, 0.15) is 0 Å². The third-order valence-corrected chi connectivity index (χ3v) is 5.98. The Morgan fingerprint density at radius 2 is 1.53 bits per heavy atom. The van der Waals surface area contributed by atoms with Crippen LogP contribution in [0.3, 0.4) is 0 Å². The van der Waals surface area contributed by atoms with Crippen LogP contribution in [0.1, 0.15) is 57.9 Å². The van der Waals surface area contributed by atoms with Crippen molar-refractivity contribution in [2.24, 2.45) is 0 Å². The second-order valence-corrected chi connectivity index (χ2v) is 8.21. The summed E-state index contributed by atoms with van der Waals surface area (Å²) in [5.74, 6) is -0.0448. The maximum atomic E-state index is 13.1. The number of nitrogens with zero attached hydrogens (tertiary/aromatic N) is 1. The molecule has 0 saturated carbocycles. The van der Waals surface area contributed by atoms with Crippen molar-refractivity contribution in [1.82, 2.24) is 10.2 Å². The van der Waals surface area contributed by atoms with Crippen LogP contribution < -0.4 is 5.32 Å². The van der Waals surface area contributed by atoms with E-state index < -0.39 is 0 Å². The van der Waals surface area contributed by atoms with Crippen LogP contribution in [-0.4, -0.2) is 23.9 Å². The molecular weight excluding hydrogens is 368 g/mol. The van der Waals surface area contributed by atoms with Crippen molar-refractivity contribution in [2.45, 2.75) is 38.8 Å². The Labute approximate surface area is 179 Å². The van der Waals surface area contributed by atoms with E-state index in [0.29, 0.717) is 5.56 Å². The Morgan fingerprint density at radius 1 is 0.867 bits per heavy atom. The number of likely N-dealkylation sites (tertiary alicyclic amines) is 1. The third-order valence-electron chi connectivity index (χ3n) is 5.98. The maximum Gasteiger partial charge on any atom is 0.252 e. The Kier molecular flexibility index (Phi) is 6.60. The minimum absolute atomic E-state index is 0.0448. The summed E-state index contributed by atoms with van der Waals surface area (Å²) in [5.41, 5.74) is 5.35. The molecule has 1 N–H and O–H groups in total. The summed E-state index contributed by atoms with van der Waals surface area (Å²) in [7, 11) is 0. The molecule has 1 heterocycles. The molecular formula is C27H30N2O. The van der Waals surface area contributed by atoms with Gasteiger partial charge in [0.15, 0.2) is 0 Å². The Hall–Kier alpha value is -2.91. The standard InChI is InChI=1S/C27H30N2O/c1-21-10-6-7-13-25(21)26(23-11-4-2-5-12-23)28-27(30)24-16-14-22(15-17-24)20-29-18-8-3-9-19-29/h2,4-7,10-17,26H,3,8-9,18-20H2,1H3,(H,28,30). The van der Waals surface area contributed by atoms with Gasteiger partial charge in [0.2, 0.25) is 0 Å². The number of hydrogen-bond acceptors (Lipinski definition) is 2. The van der Waals surface area contributed by atoms with Gasteiger partial charge < -0.3 is 5.32 Å². The smallest absolute Gasteiger partial charge is 0.252 e. The highest BCUT2D eigenvalue weighted by molar-refractivity contribution is 5.94. The highest BCUT2D eigenvalue weighted by atomic mass is 16.1. The molecule has 0 aromatic heterocycles. The zero-order valence-corrected chi connectivity index (χ0v) is 17.7. The average molecular weight is 399 g/mol. The van der Waals surface area contributed by atoms with Crippen LogP contribution in [0.2, 0.25) is 0 Å². The molecule has 1 saturated heterocycles. The molecule has 154 valence electrons. The lowest BCUT2D eigenvalue weighted by Crippen LogP contribution is -2.30. The molecule has 4 rings (SSSR count). The number of nitrogens with one attached hydrogen (secondary N) is 1. The molecule has 1 unspecified atom stereocenters. The number of aryl methyl sites for hydroxylation is 1. The van der Waals surface area contributed by atoms with Crippen molar-refractivity contribution in [3.63, 3.8) is 0 Å². The Morgan fingerprint density at radius 3 is 2.23 bits per heavy atom. The topological polar surface area (TPSA) is 32.3 Å². The van der Waals surface area contributed by atoms with E-state index in [1.807, 2.05) is 42.5 Å². The van der Waals surface area contributed by atoms with E-state index in [4.69, 9.17) is 0 Å². The first-order valence-electron chi connectivity index (χ1n) is 10.9. The molecule has 1 fully saturated rings. The molecule has 3 heteroatoms. The molecule has 1 amide bonds. The SMILES string of the molecule is Cc1ccccc1C(NC(=O)c1ccc(CN2CCCCC2)cc1)c1ccccc1. The molecule has 1 atom stereocenters. The highest BCUT2D eigenvalue weighted by Crippen LogP contribution is 2.25. The van der Waals surface area contributed by atoms with Gasteiger partial charge in [-0.1, -0.05) is 73.2 Å². The lowest BCUT2D eigenvalue weighted by molar-refractivity contribution is 0.0943. The number of rotatable bonds is 6. The fraction of sp³-hybridized carbons (Fsp3) is 0.296. The number of carbonyl (C=O) groups excluding carboxylic acids is 1. The fourth-order valence-corrected chi connectivity index (χ4v) is 4.25.